The molecular formula is C28H22Cl4N6O6. The van der Waals surface area contributed by atoms with Gasteiger partial charge < -0.3 is 28.9 Å². The lowest BCUT2D eigenvalue weighted by atomic mass is 10.2. The Hall–Kier alpha value is -4.36. The fraction of sp³-hybridized carbons (Fsp3) is 0.143. The summed E-state index contributed by atoms with van der Waals surface area (Å²) < 4.78 is 19.7. The van der Waals surface area contributed by atoms with Crippen LogP contribution < -0.4 is 10.6 Å². The highest BCUT2D eigenvalue weighted by atomic mass is 35.5. The Bertz CT molecular complexity index is 1720. The van der Waals surface area contributed by atoms with Gasteiger partial charge in [-0.05, 0) is 60.1 Å². The lowest BCUT2D eigenvalue weighted by molar-refractivity contribution is 0.0585. The molecule has 44 heavy (non-hydrogen) atoms. The summed E-state index contributed by atoms with van der Waals surface area (Å²) >= 11 is 23.9. The van der Waals surface area contributed by atoms with Gasteiger partial charge in [-0.15, -0.1) is 0 Å². The summed E-state index contributed by atoms with van der Waals surface area (Å²) in [7, 11) is 2.49. The number of carbonyl (C=O) groups excluding carboxylic acids is 2. The van der Waals surface area contributed by atoms with Crippen molar-refractivity contribution in [3.05, 3.63) is 104 Å². The molecule has 0 aliphatic rings. The van der Waals surface area contributed by atoms with Crippen molar-refractivity contribution >= 4 is 70.0 Å². The highest BCUT2D eigenvalue weighted by molar-refractivity contribution is 6.36. The Morgan fingerprint density at radius 3 is 1.68 bits per heavy atom. The van der Waals surface area contributed by atoms with E-state index in [0.29, 0.717) is 46.8 Å². The van der Waals surface area contributed by atoms with Gasteiger partial charge in [0.25, 0.3) is 0 Å². The van der Waals surface area contributed by atoms with Crippen LogP contribution in [0.3, 0.4) is 0 Å². The Balaban J connectivity index is 0.000000209. The third-order valence-electron chi connectivity index (χ3n) is 5.56. The van der Waals surface area contributed by atoms with Gasteiger partial charge in [0, 0.05) is 10.6 Å². The zero-order valence-electron chi connectivity index (χ0n) is 22.9. The van der Waals surface area contributed by atoms with Gasteiger partial charge in [-0.1, -0.05) is 34.8 Å². The molecule has 1 aromatic carbocycles. The Kier molecular flexibility index (Phi) is 11.4. The van der Waals surface area contributed by atoms with E-state index in [9.17, 15) is 9.59 Å². The van der Waals surface area contributed by atoms with Crippen molar-refractivity contribution in [1.29, 1.82) is 0 Å². The molecule has 5 aromatic rings. The third kappa shape index (κ3) is 8.38. The van der Waals surface area contributed by atoms with E-state index in [2.05, 4.69) is 35.3 Å². The molecular weight excluding hydrogens is 658 g/mol. The average molecular weight is 680 g/mol. The highest BCUT2D eigenvalue weighted by Crippen LogP contribution is 2.29. The van der Waals surface area contributed by atoms with Gasteiger partial charge >= 0.3 is 11.9 Å². The Labute approximate surface area is 270 Å². The Morgan fingerprint density at radius 2 is 1.20 bits per heavy atom. The number of methoxy groups -OCH3 is 2. The molecule has 5 rings (SSSR count). The first-order chi connectivity index (χ1) is 21.2. The van der Waals surface area contributed by atoms with Crippen LogP contribution in [0.1, 0.15) is 32.5 Å². The number of nitrogens with one attached hydrogen (secondary N) is 2. The van der Waals surface area contributed by atoms with Crippen LogP contribution in [-0.2, 0) is 22.6 Å². The molecule has 0 unspecified atom stereocenters. The van der Waals surface area contributed by atoms with E-state index in [0.717, 1.165) is 0 Å². The second-order valence-corrected chi connectivity index (χ2v) is 9.95. The molecule has 0 spiro atoms. The fourth-order valence-corrected chi connectivity index (χ4v) is 4.21. The van der Waals surface area contributed by atoms with Crippen molar-refractivity contribution in [2.75, 3.05) is 24.9 Å². The predicted octanol–water partition coefficient (Wildman–Crippen LogP) is 7.22. The number of hydrogen-bond acceptors (Lipinski definition) is 12. The second-order valence-electron chi connectivity index (χ2n) is 8.42. The minimum Gasteiger partial charge on any atom is -0.467 e. The van der Waals surface area contributed by atoms with E-state index in [1.165, 1.54) is 14.2 Å². The number of hydrogen-bond donors (Lipinski definition) is 2. The number of aromatic nitrogens is 4. The van der Waals surface area contributed by atoms with Crippen molar-refractivity contribution in [3.8, 4) is 11.4 Å². The fourth-order valence-electron chi connectivity index (χ4n) is 3.46. The molecule has 0 aliphatic carbocycles. The molecule has 0 amide bonds. The van der Waals surface area contributed by atoms with Gasteiger partial charge in [0.05, 0.1) is 39.8 Å². The van der Waals surface area contributed by atoms with Crippen LogP contribution in [0.2, 0.25) is 20.4 Å². The molecule has 228 valence electrons. The minimum absolute atomic E-state index is 0.0222. The summed E-state index contributed by atoms with van der Waals surface area (Å²) in [6.45, 7) is 0.699. The molecule has 4 heterocycles. The van der Waals surface area contributed by atoms with Gasteiger partial charge in [-0.3, -0.25) is 0 Å². The Morgan fingerprint density at radius 1 is 0.705 bits per heavy atom. The van der Waals surface area contributed by atoms with Crippen molar-refractivity contribution in [3.63, 3.8) is 0 Å². The molecule has 4 aromatic heterocycles. The topological polar surface area (TPSA) is 154 Å². The maximum atomic E-state index is 12.0. The van der Waals surface area contributed by atoms with E-state index in [-0.39, 0.29) is 32.5 Å². The van der Waals surface area contributed by atoms with E-state index < -0.39 is 11.9 Å². The number of esters is 2. The van der Waals surface area contributed by atoms with Gasteiger partial charge in [0.1, 0.15) is 27.4 Å². The van der Waals surface area contributed by atoms with Gasteiger partial charge in [0.2, 0.25) is 5.28 Å². The number of carbonyl (C=O) groups is 2. The van der Waals surface area contributed by atoms with Crippen LogP contribution in [0.4, 0.5) is 11.6 Å². The lowest BCUT2D eigenvalue weighted by Gasteiger charge is -2.11. The largest absolute Gasteiger partial charge is 0.467 e. The second kappa shape index (κ2) is 15.4. The van der Waals surface area contributed by atoms with Gasteiger partial charge in [-0.25, -0.2) is 24.5 Å². The summed E-state index contributed by atoms with van der Waals surface area (Å²) in [6.07, 6.45) is 3.11. The van der Waals surface area contributed by atoms with Crippen LogP contribution in [0.25, 0.3) is 11.4 Å². The normalized spacial score (nSPS) is 10.4. The molecule has 0 bridgehead atoms. The van der Waals surface area contributed by atoms with Crippen LogP contribution in [0.5, 0.6) is 0 Å². The smallest absolute Gasteiger partial charge is 0.358 e. The van der Waals surface area contributed by atoms with Crippen molar-refractivity contribution in [2.45, 2.75) is 13.1 Å². The van der Waals surface area contributed by atoms with Gasteiger partial charge in [-0.2, -0.15) is 4.98 Å². The lowest BCUT2D eigenvalue weighted by Crippen LogP contribution is -2.11. The molecule has 0 fully saturated rings. The van der Waals surface area contributed by atoms with Crippen LogP contribution in [-0.4, -0.2) is 46.1 Å². The first-order valence-corrected chi connectivity index (χ1v) is 14.0. The van der Waals surface area contributed by atoms with Crippen molar-refractivity contribution in [2.24, 2.45) is 0 Å². The van der Waals surface area contributed by atoms with Crippen LogP contribution >= 0.6 is 46.4 Å². The van der Waals surface area contributed by atoms with E-state index >= 15 is 0 Å². The molecule has 0 atom stereocenters. The summed E-state index contributed by atoms with van der Waals surface area (Å²) in [6, 6.07) is 14.1. The number of rotatable bonds is 9. The molecule has 0 saturated carbocycles. The highest BCUT2D eigenvalue weighted by Gasteiger charge is 2.21. The average Bonchev–Trinajstić information content (AvgIpc) is 3.76. The van der Waals surface area contributed by atoms with Crippen molar-refractivity contribution in [1.82, 2.24) is 19.9 Å². The van der Waals surface area contributed by atoms with Crippen molar-refractivity contribution < 1.29 is 27.9 Å². The van der Waals surface area contributed by atoms with E-state index in [1.807, 2.05) is 6.07 Å². The number of anilines is 2. The minimum atomic E-state index is -0.685. The monoisotopic (exact) mass is 678 g/mol. The SMILES string of the molecule is COC(=O)c1nc(-c2ccc(Cl)cc2)nc(NCc2ccco2)c1Cl.COC(=O)c1nc(Cl)nc(NCc2ccco2)c1Cl. The summed E-state index contributed by atoms with van der Waals surface area (Å²) in [5, 5.41) is 6.56. The third-order valence-corrected chi connectivity index (χ3v) is 6.69. The maximum absolute atomic E-state index is 12.0. The van der Waals surface area contributed by atoms with Crippen LogP contribution in [0.15, 0.2) is 69.9 Å². The van der Waals surface area contributed by atoms with Crippen LogP contribution in [0, 0.1) is 0 Å². The standard InChI is InChI=1S/C17H13Cl2N3O3.C11H9Cl2N3O3/c1-24-17(23)14-13(19)16(20-9-12-3-2-8-25-12)22-15(21-14)10-4-6-11(18)7-5-10;1-18-10(17)8-7(12)9(16-11(13)15-8)14-5-6-3-2-4-19-6/h2-8H,9H2,1H3,(H,20,21,22);2-4H,5H2,1H3,(H,14,15,16). The number of ether oxygens (including phenoxy) is 2. The molecule has 16 heteroatoms. The predicted molar refractivity (Wildman–Crippen MR) is 164 cm³/mol. The summed E-state index contributed by atoms with van der Waals surface area (Å²) in [5.74, 6) is 0.909. The molecule has 0 aliphatic heterocycles. The summed E-state index contributed by atoms with van der Waals surface area (Å²) in [4.78, 5) is 39.7. The maximum Gasteiger partial charge on any atom is 0.358 e. The number of nitrogens with zero attached hydrogens (tertiary/aromatic N) is 4. The number of benzene rings is 1. The first kappa shape index (κ1) is 32.6. The van der Waals surface area contributed by atoms with E-state index in [1.54, 1.807) is 55.0 Å². The zero-order chi connectivity index (χ0) is 31.6. The number of furan rings is 2. The summed E-state index contributed by atoms with van der Waals surface area (Å²) in [5.41, 5.74) is 0.574. The first-order valence-electron chi connectivity index (χ1n) is 12.5. The molecule has 0 saturated heterocycles. The van der Waals surface area contributed by atoms with Gasteiger partial charge in [0.15, 0.2) is 23.0 Å². The zero-order valence-corrected chi connectivity index (χ0v) is 26.0. The number of halogens is 4. The van der Waals surface area contributed by atoms with E-state index in [4.69, 9.17) is 60.0 Å². The molecule has 0 radical (unpaired) electrons. The quantitative estimate of drug-likeness (QED) is 0.119. The molecule has 12 nitrogen and oxygen atoms in total. The molecule has 2 N–H and O–H groups in total.